The van der Waals surface area contributed by atoms with Crippen LogP contribution in [0, 0.1) is 0 Å². The van der Waals surface area contributed by atoms with Gasteiger partial charge in [0.05, 0.1) is 10.6 Å². The molecule has 1 aromatic carbocycles. The summed E-state index contributed by atoms with van der Waals surface area (Å²) in [6.07, 6.45) is 0. The number of carbonyl (C=O) groups excluding carboxylic acids is 1. The number of nitrogens with zero attached hydrogens (tertiary/aromatic N) is 1. The van der Waals surface area contributed by atoms with Crippen LogP contribution >= 0.6 is 11.6 Å². The Morgan fingerprint density at radius 1 is 1.37 bits per heavy atom. The predicted molar refractivity (Wildman–Crippen MR) is 79.7 cm³/mol. The van der Waals surface area contributed by atoms with E-state index in [2.05, 4.69) is 18.7 Å². The van der Waals surface area contributed by atoms with Crippen LogP contribution in [0.4, 0.5) is 5.69 Å². The second kappa shape index (κ2) is 9.55. The van der Waals surface area contributed by atoms with Crippen molar-refractivity contribution in [1.82, 2.24) is 4.90 Å². The summed E-state index contributed by atoms with van der Waals surface area (Å²) in [6, 6.07) is 4.76. The molecular formula is C13H19ClN2O2Pb. The number of ether oxygens (including phenoxy) is 1. The summed E-state index contributed by atoms with van der Waals surface area (Å²) in [7, 11) is 0. The minimum absolute atomic E-state index is 0. The van der Waals surface area contributed by atoms with E-state index in [0.717, 1.165) is 19.6 Å². The van der Waals surface area contributed by atoms with Gasteiger partial charge in [0.25, 0.3) is 0 Å². The number of nitrogens with two attached hydrogens (primary N) is 1. The van der Waals surface area contributed by atoms with Gasteiger partial charge in [-0.2, -0.15) is 0 Å². The first-order valence-corrected chi connectivity index (χ1v) is 6.40. The maximum atomic E-state index is 11.8. The van der Waals surface area contributed by atoms with Crippen LogP contribution in [0.3, 0.4) is 0 Å². The van der Waals surface area contributed by atoms with Crippen molar-refractivity contribution in [2.75, 3.05) is 32.0 Å². The molecule has 0 unspecified atom stereocenters. The van der Waals surface area contributed by atoms with Crippen LogP contribution in [0.1, 0.15) is 24.2 Å². The normalized spacial score (nSPS) is 10.1. The molecule has 0 amide bonds. The number of esters is 1. The van der Waals surface area contributed by atoms with Gasteiger partial charge in [-0.15, -0.1) is 0 Å². The molecule has 0 heterocycles. The van der Waals surface area contributed by atoms with E-state index < -0.39 is 5.97 Å². The van der Waals surface area contributed by atoms with E-state index in [1.165, 1.54) is 0 Å². The fourth-order valence-electron chi connectivity index (χ4n) is 1.58. The van der Waals surface area contributed by atoms with Gasteiger partial charge < -0.3 is 15.4 Å². The summed E-state index contributed by atoms with van der Waals surface area (Å²) >= 11 is 5.93. The summed E-state index contributed by atoms with van der Waals surface area (Å²) in [5, 5.41) is 0.322. The van der Waals surface area contributed by atoms with Crippen LogP contribution in [0.2, 0.25) is 5.02 Å². The first kappa shape index (κ1) is 18.7. The first-order chi connectivity index (χ1) is 8.58. The zero-order valence-electron chi connectivity index (χ0n) is 11.3. The number of anilines is 1. The van der Waals surface area contributed by atoms with Crippen LogP contribution in [-0.2, 0) is 4.74 Å². The molecule has 0 aliphatic rings. The number of carbonyl (C=O) groups is 1. The van der Waals surface area contributed by atoms with Gasteiger partial charge in [-0.25, -0.2) is 4.79 Å². The Bertz CT molecular complexity index is 412. The van der Waals surface area contributed by atoms with Crippen molar-refractivity contribution in [3.63, 3.8) is 0 Å². The van der Waals surface area contributed by atoms with Gasteiger partial charge in [-0.05, 0) is 31.3 Å². The predicted octanol–water partition coefficient (Wildman–Crippen LogP) is 2.04. The van der Waals surface area contributed by atoms with Crippen LogP contribution in [-0.4, -0.2) is 64.4 Å². The Hall–Kier alpha value is -0.338. The zero-order valence-corrected chi connectivity index (χ0v) is 15.9. The molecule has 0 atom stereocenters. The minimum atomic E-state index is -0.410. The quantitative estimate of drug-likeness (QED) is 0.387. The topological polar surface area (TPSA) is 55.6 Å². The number of likely N-dealkylation sites (N-methyl/N-ethyl adjacent to an activating group) is 1. The standard InChI is InChI=1S/C13H19ClN2O2.Pb/c1-3-16(4-2)7-8-18-13(17)11-6-5-10(15)9-12(11)14;/h5-6,9H,3-4,7-8,15H2,1-2H3;. The van der Waals surface area contributed by atoms with E-state index in [4.69, 9.17) is 22.1 Å². The average molecular weight is 478 g/mol. The number of halogens is 1. The molecule has 0 aliphatic carbocycles. The van der Waals surface area contributed by atoms with Crippen molar-refractivity contribution < 1.29 is 9.53 Å². The van der Waals surface area contributed by atoms with E-state index in [0.29, 0.717) is 22.9 Å². The van der Waals surface area contributed by atoms with Gasteiger partial charge in [-0.3, -0.25) is 0 Å². The smallest absolute Gasteiger partial charge is 0.339 e. The van der Waals surface area contributed by atoms with Gasteiger partial charge in [0, 0.05) is 39.5 Å². The molecule has 6 heteroatoms. The number of benzene rings is 1. The van der Waals surface area contributed by atoms with Gasteiger partial charge >= 0.3 is 5.97 Å². The molecule has 1 rings (SSSR count). The van der Waals surface area contributed by atoms with Crippen molar-refractivity contribution in [2.24, 2.45) is 0 Å². The molecule has 4 radical (unpaired) electrons. The summed E-state index contributed by atoms with van der Waals surface area (Å²) in [6.45, 7) is 7.12. The van der Waals surface area contributed by atoms with Gasteiger partial charge in [0.1, 0.15) is 6.61 Å². The van der Waals surface area contributed by atoms with E-state index in [1.54, 1.807) is 18.2 Å². The number of nitrogen functional groups attached to an aromatic ring is 1. The molecule has 0 spiro atoms. The van der Waals surface area contributed by atoms with Crippen molar-refractivity contribution in [1.29, 1.82) is 0 Å². The van der Waals surface area contributed by atoms with Crippen molar-refractivity contribution >= 4 is 50.6 Å². The molecule has 0 bridgehead atoms. The molecule has 0 aromatic heterocycles. The molecule has 0 aliphatic heterocycles. The number of hydrogen-bond donors (Lipinski definition) is 1. The monoisotopic (exact) mass is 478 g/mol. The van der Waals surface area contributed by atoms with E-state index in [-0.39, 0.29) is 27.3 Å². The van der Waals surface area contributed by atoms with Crippen molar-refractivity contribution in [2.45, 2.75) is 13.8 Å². The zero-order chi connectivity index (χ0) is 13.5. The van der Waals surface area contributed by atoms with E-state index in [1.807, 2.05) is 0 Å². The fraction of sp³-hybridized carbons (Fsp3) is 0.462. The molecule has 0 saturated carbocycles. The Morgan fingerprint density at radius 3 is 2.53 bits per heavy atom. The van der Waals surface area contributed by atoms with E-state index in [9.17, 15) is 4.79 Å². The maximum absolute atomic E-state index is 11.8. The first-order valence-electron chi connectivity index (χ1n) is 6.03. The van der Waals surface area contributed by atoms with Gasteiger partial charge in [0.2, 0.25) is 0 Å². The Labute approximate surface area is 139 Å². The van der Waals surface area contributed by atoms with Crippen LogP contribution in [0.15, 0.2) is 18.2 Å². The third kappa shape index (κ3) is 6.09. The number of hydrogen-bond acceptors (Lipinski definition) is 4. The summed E-state index contributed by atoms with van der Waals surface area (Å²) in [5.74, 6) is -0.410. The fourth-order valence-corrected chi connectivity index (χ4v) is 1.85. The van der Waals surface area contributed by atoms with Gasteiger partial charge in [-0.1, -0.05) is 25.4 Å². The molecule has 1 aromatic rings. The van der Waals surface area contributed by atoms with Gasteiger partial charge in [0.15, 0.2) is 0 Å². The molecule has 0 saturated heterocycles. The average Bonchev–Trinajstić information content (AvgIpc) is 2.34. The largest absolute Gasteiger partial charge is 0.461 e. The number of rotatable bonds is 6. The van der Waals surface area contributed by atoms with Crippen LogP contribution < -0.4 is 5.73 Å². The summed E-state index contributed by atoms with van der Waals surface area (Å²) in [4.78, 5) is 13.9. The van der Waals surface area contributed by atoms with Crippen LogP contribution in [0.25, 0.3) is 0 Å². The van der Waals surface area contributed by atoms with Crippen molar-refractivity contribution in [3.05, 3.63) is 28.8 Å². The molecule has 4 nitrogen and oxygen atoms in total. The van der Waals surface area contributed by atoms with Crippen molar-refractivity contribution in [3.8, 4) is 0 Å². The second-order valence-corrected chi connectivity index (χ2v) is 4.31. The Kier molecular flexibility index (Phi) is 9.38. The second-order valence-electron chi connectivity index (χ2n) is 3.90. The molecule has 19 heavy (non-hydrogen) atoms. The third-order valence-corrected chi connectivity index (χ3v) is 3.06. The van der Waals surface area contributed by atoms with Crippen LogP contribution in [0.5, 0.6) is 0 Å². The Morgan fingerprint density at radius 2 is 2.00 bits per heavy atom. The Balaban J connectivity index is 0.00000324. The molecule has 2 N–H and O–H groups in total. The molecule has 0 fully saturated rings. The minimum Gasteiger partial charge on any atom is -0.461 e. The molecular weight excluding hydrogens is 459 g/mol. The van der Waals surface area contributed by atoms with E-state index >= 15 is 0 Å². The SMILES string of the molecule is CCN(CC)CCOC(=O)c1ccc(N)cc1Cl.[Pb]. The molecule has 104 valence electrons. The summed E-state index contributed by atoms with van der Waals surface area (Å²) in [5.41, 5.74) is 6.44. The maximum Gasteiger partial charge on any atom is 0.339 e. The summed E-state index contributed by atoms with van der Waals surface area (Å²) < 4.78 is 5.18. The third-order valence-electron chi connectivity index (χ3n) is 2.75.